The lowest BCUT2D eigenvalue weighted by molar-refractivity contribution is 0.473. The van der Waals surface area contributed by atoms with Crippen LogP contribution in [0.15, 0.2) is 41.7 Å². The third-order valence-electron chi connectivity index (χ3n) is 3.36. The summed E-state index contributed by atoms with van der Waals surface area (Å²) in [6.45, 7) is 6.80. The summed E-state index contributed by atoms with van der Waals surface area (Å²) < 4.78 is 15.2. The fourth-order valence-corrected chi connectivity index (χ4v) is 2.30. The SMILES string of the molecule is CCNC(=NCCn1cc(C)cn1)N(C)Cc1cccc(F)c1. The fourth-order valence-electron chi connectivity index (χ4n) is 2.30. The normalized spacial score (nSPS) is 11.6. The summed E-state index contributed by atoms with van der Waals surface area (Å²) in [5.41, 5.74) is 2.06. The molecule has 1 aromatic carbocycles. The van der Waals surface area contributed by atoms with E-state index in [1.165, 1.54) is 6.07 Å². The van der Waals surface area contributed by atoms with E-state index in [1.54, 1.807) is 12.1 Å². The van der Waals surface area contributed by atoms with Gasteiger partial charge in [0, 0.05) is 26.3 Å². The molecular weight excluding hydrogens is 293 g/mol. The number of rotatable bonds is 6. The summed E-state index contributed by atoms with van der Waals surface area (Å²) >= 11 is 0. The van der Waals surface area contributed by atoms with Crippen molar-refractivity contribution in [2.75, 3.05) is 20.1 Å². The molecule has 0 unspecified atom stereocenters. The van der Waals surface area contributed by atoms with E-state index in [2.05, 4.69) is 15.4 Å². The molecule has 0 atom stereocenters. The number of nitrogens with one attached hydrogen (secondary N) is 1. The van der Waals surface area contributed by atoms with E-state index in [0.717, 1.165) is 30.2 Å². The first-order valence-corrected chi connectivity index (χ1v) is 7.81. The van der Waals surface area contributed by atoms with Crippen molar-refractivity contribution in [3.8, 4) is 0 Å². The molecule has 0 aliphatic rings. The Morgan fingerprint density at radius 1 is 1.43 bits per heavy atom. The van der Waals surface area contributed by atoms with Gasteiger partial charge in [-0.15, -0.1) is 0 Å². The van der Waals surface area contributed by atoms with Crippen molar-refractivity contribution >= 4 is 5.96 Å². The van der Waals surface area contributed by atoms with Crippen LogP contribution in [0.2, 0.25) is 0 Å². The number of aromatic nitrogens is 2. The second-order valence-electron chi connectivity index (χ2n) is 5.50. The van der Waals surface area contributed by atoms with Gasteiger partial charge in [0.2, 0.25) is 0 Å². The van der Waals surface area contributed by atoms with Crippen molar-refractivity contribution in [2.45, 2.75) is 26.9 Å². The van der Waals surface area contributed by atoms with Gasteiger partial charge in [-0.2, -0.15) is 5.10 Å². The molecule has 0 fully saturated rings. The number of aliphatic imine (C=N–C) groups is 1. The number of hydrogen-bond acceptors (Lipinski definition) is 2. The predicted octanol–water partition coefficient (Wildman–Crippen LogP) is 2.43. The third-order valence-corrected chi connectivity index (χ3v) is 3.36. The molecule has 0 saturated carbocycles. The smallest absolute Gasteiger partial charge is 0.194 e. The standard InChI is InChI=1S/C17H24FN5/c1-4-19-17(20-8-9-23-12-14(2)11-21-23)22(3)13-15-6-5-7-16(18)10-15/h5-7,10-12H,4,8-9,13H2,1-3H3,(H,19,20). The van der Waals surface area contributed by atoms with Crippen LogP contribution in [0.25, 0.3) is 0 Å². The van der Waals surface area contributed by atoms with Crippen LogP contribution in [0, 0.1) is 12.7 Å². The zero-order valence-electron chi connectivity index (χ0n) is 14.0. The quantitative estimate of drug-likeness (QED) is 0.657. The topological polar surface area (TPSA) is 45.5 Å². The molecule has 5 nitrogen and oxygen atoms in total. The molecule has 23 heavy (non-hydrogen) atoms. The first-order chi connectivity index (χ1) is 11.1. The molecule has 1 aromatic heterocycles. The number of nitrogens with zero attached hydrogens (tertiary/aromatic N) is 4. The second kappa shape index (κ2) is 8.31. The second-order valence-corrected chi connectivity index (χ2v) is 5.50. The first kappa shape index (κ1) is 17.0. The average Bonchev–Trinajstić information content (AvgIpc) is 2.92. The Kier molecular flexibility index (Phi) is 6.14. The number of guanidine groups is 1. The molecule has 0 saturated heterocycles. The lowest BCUT2D eigenvalue weighted by Gasteiger charge is -2.22. The molecule has 0 spiro atoms. The highest BCUT2D eigenvalue weighted by Gasteiger charge is 2.07. The minimum Gasteiger partial charge on any atom is -0.357 e. The van der Waals surface area contributed by atoms with E-state index in [0.29, 0.717) is 13.1 Å². The highest BCUT2D eigenvalue weighted by molar-refractivity contribution is 5.79. The zero-order chi connectivity index (χ0) is 16.7. The summed E-state index contributed by atoms with van der Waals surface area (Å²) in [7, 11) is 1.95. The fraction of sp³-hybridized carbons (Fsp3) is 0.412. The maximum atomic E-state index is 13.3. The molecule has 0 radical (unpaired) electrons. The van der Waals surface area contributed by atoms with E-state index in [1.807, 2.05) is 48.9 Å². The van der Waals surface area contributed by atoms with Gasteiger partial charge in [0.1, 0.15) is 5.82 Å². The Hall–Kier alpha value is -2.37. The monoisotopic (exact) mass is 317 g/mol. The van der Waals surface area contributed by atoms with Gasteiger partial charge in [-0.05, 0) is 37.1 Å². The highest BCUT2D eigenvalue weighted by Crippen LogP contribution is 2.06. The Labute approximate surface area is 136 Å². The van der Waals surface area contributed by atoms with E-state index in [4.69, 9.17) is 0 Å². The summed E-state index contributed by atoms with van der Waals surface area (Å²) in [6.07, 6.45) is 3.84. The number of hydrogen-bond donors (Lipinski definition) is 1. The molecule has 0 aliphatic carbocycles. The largest absolute Gasteiger partial charge is 0.357 e. The molecular formula is C17H24FN5. The van der Waals surface area contributed by atoms with Crippen molar-refractivity contribution in [2.24, 2.45) is 4.99 Å². The van der Waals surface area contributed by atoms with Crippen LogP contribution < -0.4 is 5.32 Å². The van der Waals surface area contributed by atoms with Gasteiger partial charge in [0.05, 0.1) is 19.3 Å². The molecule has 2 rings (SSSR count). The van der Waals surface area contributed by atoms with Crippen molar-refractivity contribution in [1.82, 2.24) is 20.0 Å². The lowest BCUT2D eigenvalue weighted by atomic mass is 10.2. The Morgan fingerprint density at radius 3 is 2.91 bits per heavy atom. The van der Waals surface area contributed by atoms with Gasteiger partial charge in [-0.25, -0.2) is 4.39 Å². The summed E-state index contributed by atoms with van der Waals surface area (Å²) in [5, 5.41) is 7.51. The van der Waals surface area contributed by atoms with Gasteiger partial charge in [-0.1, -0.05) is 12.1 Å². The molecule has 6 heteroatoms. The minimum atomic E-state index is -0.216. The summed E-state index contributed by atoms with van der Waals surface area (Å²) in [6, 6.07) is 6.64. The van der Waals surface area contributed by atoms with E-state index < -0.39 is 0 Å². The Bertz CT molecular complexity index is 650. The van der Waals surface area contributed by atoms with E-state index in [9.17, 15) is 4.39 Å². The maximum absolute atomic E-state index is 13.3. The average molecular weight is 317 g/mol. The molecule has 2 aromatic rings. The van der Waals surface area contributed by atoms with Gasteiger partial charge >= 0.3 is 0 Å². The van der Waals surface area contributed by atoms with Crippen LogP contribution in [0.3, 0.4) is 0 Å². The number of aryl methyl sites for hydroxylation is 1. The van der Waals surface area contributed by atoms with Crippen molar-refractivity contribution in [3.05, 3.63) is 53.6 Å². The van der Waals surface area contributed by atoms with Gasteiger partial charge in [0.15, 0.2) is 5.96 Å². The molecule has 1 heterocycles. The van der Waals surface area contributed by atoms with Crippen molar-refractivity contribution < 1.29 is 4.39 Å². The van der Waals surface area contributed by atoms with E-state index in [-0.39, 0.29) is 5.82 Å². The molecule has 0 amide bonds. The number of benzene rings is 1. The van der Waals surface area contributed by atoms with Gasteiger partial charge in [0.25, 0.3) is 0 Å². The highest BCUT2D eigenvalue weighted by atomic mass is 19.1. The summed E-state index contributed by atoms with van der Waals surface area (Å²) in [4.78, 5) is 6.61. The maximum Gasteiger partial charge on any atom is 0.194 e. The van der Waals surface area contributed by atoms with Crippen LogP contribution in [0.4, 0.5) is 4.39 Å². The minimum absolute atomic E-state index is 0.216. The number of halogens is 1. The van der Waals surface area contributed by atoms with Crippen molar-refractivity contribution in [3.63, 3.8) is 0 Å². The zero-order valence-corrected chi connectivity index (χ0v) is 14.0. The van der Waals surface area contributed by atoms with Crippen molar-refractivity contribution in [1.29, 1.82) is 0 Å². The van der Waals surface area contributed by atoms with E-state index >= 15 is 0 Å². The van der Waals surface area contributed by atoms with Crippen LogP contribution in [-0.2, 0) is 13.1 Å². The lowest BCUT2D eigenvalue weighted by Crippen LogP contribution is -2.38. The van der Waals surface area contributed by atoms with Gasteiger partial charge in [-0.3, -0.25) is 9.67 Å². The van der Waals surface area contributed by atoms with Crippen LogP contribution in [0.5, 0.6) is 0 Å². The van der Waals surface area contributed by atoms with Crippen LogP contribution >= 0.6 is 0 Å². The molecule has 0 aliphatic heterocycles. The molecule has 0 bridgehead atoms. The molecule has 124 valence electrons. The molecule has 1 N–H and O–H groups in total. The Balaban J connectivity index is 1.96. The summed E-state index contributed by atoms with van der Waals surface area (Å²) in [5.74, 6) is 0.590. The third kappa shape index (κ3) is 5.39. The predicted molar refractivity (Wildman–Crippen MR) is 90.8 cm³/mol. The van der Waals surface area contributed by atoms with Gasteiger partial charge < -0.3 is 10.2 Å². The van der Waals surface area contributed by atoms with Crippen LogP contribution in [-0.4, -0.2) is 40.8 Å². The Morgan fingerprint density at radius 2 is 2.26 bits per heavy atom. The first-order valence-electron chi connectivity index (χ1n) is 7.81. The van der Waals surface area contributed by atoms with Crippen LogP contribution in [0.1, 0.15) is 18.1 Å².